The summed E-state index contributed by atoms with van der Waals surface area (Å²) in [7, 11) is 3.18. The van der Waals surface area contributed by atoms with Crippen molar-refractivity contribution in [1.82, 2.24) is 4.57 Å². The SMILES string of the molecule is CCC(O)COC.CCCCC(CCC)Nc1cccc2c1cc(C#CCNc1ccc(SC)cc1OC)n2CC(F)(F)F. The molecule has 0 amide bonds. The van der Waals surface area contributed by atoms with Gasteiger partial charge < -0.3 is 29.8 Å². The molecule has 0 saturated carbocycles. The number of aliphatic hydroxyl groups is 1. The fourth-order valence-corrected chi connectivity index (χ4v) is 5.13. The zero-order chi connectivity index (χ0) is 32.5. The molecule has 10 heteroatoms. The number of aliphatic hydroxyl groups excluding tert-OH is 1. The summed E-state index contributed by atoms with van der Waals surface area (Å²) in [5, 5.41) is 16.3. The Morgan fingerprint density at radius 3 is 2.39 bits per heavy atom. The summed E-state index contributed by atoms with van der Waals surface area (Å²) in [6.45, 7) is 5.87. The van der Waals surface area contributed by atoms with E-state index in [1.54, 1.807) is 38.1 Å². The van der Waals surface area contributed by atoms with Crippen molar-refractivity contribution in [3.05, 3.63) is 48.2 Å². The Morgan fingerprint density at radius 1 is 1.02 bits per heavy atom. The monoisotopic (exact) mass is 635 g/mol. The fraction of sp³-hybridized carbons (Fsp3) is 0.529. The van der Waals surface area contributed by atoms with Gasteiger partial charge in [0.1, 0.15) is 12.3 Å². The van der Waals surface area contributed by atoms with Gasteiger partial charge in [0.05, 0.1) is 43.3 Å². The topological polar surface area (TPSA) is 67.7 Å². The van der Waals surface area contributed by atoms with Gasteiger partial charge in [-0.15, -0.1) is 11.8 Å². The predicted octanol–water partition coefficient (Wildman–Crippen LogP) is 8.57. The maximum atomic E-state index is 13.5. The minimum atomic E-state index is -4.36. The van der Waals surface area contributed by atoms with Gasteiger partial charge >= 0.3 is 6.18 Å². The number of nitrogens with zero attached hydrogens (tertiary/aromatic N) is 1. The molecule has 2 unspecified atom stereocenters. The average Bonchev–Trinajstić information content (AvgIpc) is 3.35. The number of alkyl halides is 3. The van der Waals surface area contributed by atoms with E-state index in [2.05, 4.69) is 41.1 Å². The zero-order valence-electron chi connectivity index (χ0n) is 26.8. The number of aromatic nitrogens is 1. The number of rotatable bonds is 15. The summed E-state index contributed by atoms with van der Waals surface area (Å²) < 4.78 is 51.9. The maximum Gasteiger partial charge on any atom is 0.406 e. The highest BCUT2D eigenvalue weighted by Gasteiger charge is 2.30. The second kappa shape index (κ2) is 19.4. The molecule has 0 spiro atoms. The van der Waals surface area contributed by atoms with Crippen LogP contribution in [-0.4, -0.2) is 61.6 Å². The Morgan fingerprint density at radius 2 is 1.80 bits per heavy atom. The Bertz CT molecular complexity index is 1330. The third-order valence-electron chi connectivity index (χ3n) is 7.01. The smallest absolute Gasteiger partial charge is 0.406 e. The molecule has 3 N–H and O–H groups in total. The second-order valence-corrected chi connectivity index (χ2v) is 11.4. The van der Waals surface area contributed by atoms with Crippen molar-refractivity contribution in [2.75, 3.05) is 44.3 Å². The van der Waals surface area contributed by atoms with Crippen LogP contribution in [0.15, 0.2) is 47.4 Å². The van der Waals surface area contributed by atoms with Gasteiger partial charge in [0, 0.05) is 29.1 Å². The van der Waals surface area contributed by atoms with E-state index in [1.807, 2.05) is 43.5 Å². The summed E-state index contributed by atoms with van der Waals surface area (Å²) in [4.78, 5) is 1.07. The Kier molecular flexibility index (Phi) is 16.4. The lowest BCUT2D eigenvalue weighted by atomic mass is 10.0. The van der Waals surface area contributed by atoms with E-state index in [1.165, 1.54) is 4.57 Å². The van der Waals surface area contributed by atoms with Crippen LogP contribution in [0.2, 0.25) is 0 Å². The first kappa shape index (κ1) is 37.2. The summed E-state index contributed by atoms with van der Waals surface area (Å²) in [5.74, 6) is 6.66. The van der Waals surface area contributed by atoms with E-state index >= 15 is 0 Å². The standard InChI is InChI=1S/C29H36F3N3OS.C5H12O2/c1-5-7-11-21(10-6-2)34-25-13-8-14-27-24(25)18-22(35(27)20-29(30,31)32)12-9-17-33-26-16-15-23(37-4)19-28(26)36-3;1-3-5(6)4-7-2/h8,13-16,18-19,21,33-34H,5-7,10-11,17,20H2,1-4H3;5-6H,3-4H2,1-2H3. The van der Waals surface area contributed by atoms with Crippen molar-refractivity contribution < 1.29 is 27.8 Å². The number of benzene rings is 2. The van der Waals surface area contributed by atoms with Crippen LogP contribution in [0.25, 0.3) is 10.9 Å². The van der Waals surface area contributed by atoms with Crippen molar-refractivity contribution in [2.24, 2.45) is 0 Å². The molecule has 1 aromatic heterocycles. The number of unbranched alkanes of at least 4 members (excludes halogenated alkanes) is 1. The largest absolute Gasteiger partial charge is 0.495 e. The summed E-state index contributed by atoms with van der Waals surface area (Å²) in [6.07, 6.45) is 3.43. The van der Waals surface area contributed by atoms with Crippen LogP contribution in [0, 0.1) is 11.8 Å². The molecule has 0 aliphatic carbocycles. The molecule has 244 valence electrons. The lowest BCUT2D eigenvalue weighted by molar-refractivity contribution is -0.140. The first-order valence-corrected chi connectivity index (χ1v) is 16.4. The van der Waals surface area contributed by atoms with Crippen LogP contribution in [0.4, 0.5) is 24.5 Å². The fourth-order valence-electron chi connectivity index (χ4n) is 4.70. The van der Waals surface area contributed by atoms with Crippen LogP contribution >= 0.6 is 11.8 Å². The number of nitrogens with one attached hydrogen (secondary N) is 2. The number of anilines is 2. The third-order valence-corrected chi connectivity index (χ3v) is 7.73. The summed E-state index contributed by atoms with van der Waals surface area (Å²) in [5.41, 5.74) is 2.51. The molecule has 0 radical (unpaired) electrons. The second-order valence-electron chi connectivity index (χ2n) is 10.5. The molecule has 6 nitrogen and oxygen atoms in total. The van der Waals surface area contributed by atoms with Gasteiger partial charge in [0.2, 0.25) is 0 Å². The molecule has 1 heterocycles. The molecular weight excluding hydrogens is 587 g/mol. The minimum absolute atomic E-state index is 0.267. The van der Waals surface area contributed by atoms with Gasteiger partial charge in [0.25, 0.3) is 0 Å². The van der Waals surface area contributed by atoms with Gasteiger partial charge in [-0.3, -0.25) is 0 Å². The molecule has 44 heavy (non-hydrogen) atoms. The van der Waals surface area contributed by atoms with Crippen molar-refractivity contribution in [3.63, 3.8) is 0 Å². The van der Waals surface area contributed by atoms with Crippen molar-refractivity contribution in [1.29, 1.82) is 0 Å². The third kappa shape index (κ3) is 12.2. The number of hydrogen-bond donors (Lipinski definition) is 3. The van der Waals surface area contributed by atoms with Gasteiger partial charge in [-0.1, -0.05) is 52.0 Å². The number of fused-ring (bicyclic) bond motifs is 1. The van der Waals surface area contributed by atoms with Crippen molar-refractivity contribution in [3.8, 4) is 17.6 Å². The maximum absolute atomic E-state index is 13.5. The average molecular weight is 636 g/mol. The van der Waals surface area contributed by atoms with E-state index in [4.69, 9.17) is 9.84 Å². The van der Waals surface area contributed by atoms with Gasteiger partial charge in [0.15, 0.2) is 0 Å². The normalized spacial score (nSPS) is 12.5. The highest BCUT2D eigenvalue weighted by Crippen LogP contribution is 2.32. The van der Waals surface area contributed by atoms with E-state index in [0.29, 0.717) is 23.6 Å². The quantitative estimate of drug-likeness (QED) is 0.115. The first-order valence-electron chi connectivity index (χ1n) is 15.2. The molecule has 0 bridgehead atoms. The van der Waals surface area contributed by atoms with Crippen molar-refractivity contribution >= 4 is 34.0 Å². The number of thioether (sulfide) groups is 1. The zero-order valence-corrected chi connectivity index (χ0v) is 27.6. The number of halogens is 3. The number of methoxy groups -OCH3 is 2. The molecule has 2 aromatic carbocycles. The van der Waals surface area contributed by atoms with Crippen molar-refractivity contribution in [2.45, 2.75) is 89.1 Å². The number of hydrogen-bond acceptors (Lipinski definition) is 6. The Hall–Kier alpha value is -3.00. The highest BCUT2D eigenvalue weighted by atomic mass is 32.2. The van der Waals surface area contributed by atoms with Gasteiger partial charge in [-0.2, -0.15) is 13.2 Å². The Labute approximate surface area is 265 Å². The molecule has 0 aliphatic heterocycles. The number of ether oxygens (including phenoxy) is 2. The molecular formula is C34H48F3N3O3S. The Balaban J connectivity index is 0.000000860. The van der Waals surface area contributed by atoms with E-state index in [-0.39, 0.29) is 18.7 Å². The van der Waals surface area contributed by atoms with E-state index in [0.717, 1.165) is 60.2 Å². The van der Waals surface area contributed by atoms with Crippen LogP contribution in [0.1, 0.15) is 65.0 Å². The molecule has 0 fully saturated rings. The minimum Gasteiger partial charge on any atom is -0.495 e. The van der Waals surface area contributed by atoms with Crippen LogP contribution in [-0.2, 0) is 11.3 Å². The lowest BCUT2D eigenvalue weighted by Gasteiger charge is -2.20. The van der Waals surface area contributed by atoms with Gasteiger partial charge in [-0.25, -0.2) is 0 Å². The van der Waals surface area contributed by atoms with Crippen LogP contribution in [0.3, 0.4) is 0 Å². The summed E-state index contributed by atoms with van der Waals surface area (Å²) in [6, 6.07) is 13.4. The molecule has 3 rings (SSSR count). The highest BCUT2D eigenvalue weighted by molar-refractivity contribution is 7.98. The first-order chi connectivity index (χ1) is 21.1. The lowest BCUT2D eigenvalue weighted by Crippen LogP contribution is -2.19. The predicted molar refractivity (Wildman–Crippen MR) is 178 cm³/mol. The molecule has 2 atom stereocenters. The van der Waals surface area contributed by atoms with E-state index in [9.17, 15) is 13.2 Å². The summed E-state index contributed by atoms with van der Waals surface area (Å²) >= 11 is 1.62. The molecule has 0 aliphatic rings. The van der Waals surface area contributed by atoms with Gasteiger partial charge in [-0.05, 0) is 67.8 Å². The van der Waals surface area contributed by atoms with Crippen LogP contribution in [0.5, 0.6) is 5.75 Å². The molecule has 3 aromatic rings. The van der Waals surface area contributed by atoms with Crippen LogP contribution < -0.4 is 15.4 Å². The molecule has 0 saturated heterocycles. The van der Waals surface area contributed by atoms with E-state index < -0.39 is 12.7 Å².